The number of carbonyl (C=O) groups excluding carboxylic acids is 1. The van der Waals surface area contributed by atoms with Crippen LogP contribution in [0.15, 0.2) is 24.3 Å². The van der Waals surface area contributed by atoms with Gasteiger partial charge >= 0.3 is 0 Å². The maximum Gasteiger partial charge on any atom is 0.253 e. The second kappa shape index (κ2) is 5.32. The van der Waals surface area contributed by atoms with Crippen LogP contribution in [0.5, 0.6) is 0 Å². The maximum atomic E-state index is 12.2. The Hall–Kier alpha value is -1.35. The number of aliphatic hydroxyl groups excluding tert-OH is 1. The molecule has 3 heteroatoms. The summed E-state index contributed by atoms with van der Waals surface area (Å²) in [4.78, 5) is 14.0. The first-order chi connectivity index (χ1) is 8.24. The number of benzene rings is 1. The molecule has 92 valence electrons. The second-order valence-electron chi connectivity index (χ2n) is 4.64. The number of hydrogen-bond acceptors (Lipinski definition) is 2. The molecule has 0 radical (unpaired) electrons. The highest BCUT2D eigenvalue weighted by Gasteiger charge is 2.26. The van der Waals surface area contributed by atoms with E-state index in [0.717, 1.165) is 24.9 Å². The predicted molar refractivity (Wildman–Crippen MR) is 66.9 cm³/mol. The van der Waals surface area contributed by atoms with Gasteiger partial charge in [0, 0.05) is 31.2 Å². The van der Waals surface area contributed by atoms with E-state index in [9.17, 15) is 4.79 Å². The van der Waals surface area contributed by atoms with Crippen molar-refractivity contribution < 1.29 is 9.90 Å². The molecule has 1 N–H and O–H groups in total. The second-order valence-corrected chi connectivity index (χ2v) is 4.64. The van der Waals surface area contributed by atoms with E-state index in [2.05, 4.69) is 6.92 Å². The highest BCUT2D eigenvalue weighted by molar-refractivity contribution is 5.94. The van der Waals surface area contributed by atoms with E-state index in [1.54, 1.807) is 0 Å². The fourth-order valence-corrected chi connectivity index (χ4v) is 2.23. The Morgan fingerprint density at radius 1 is 1.41 bits per heavy atom. The zero-order valence-corrected chi connectivity index (χ0v) is 10.2. The first kappa shape index (κ1) is 12.1. The molecular formula is C14H19NO2. The Balaban J connectivity index is 2.04. The number of hydrogen-bond donors (Lipinski definition) is 1. The summed E-state index contributed by atoms with van der Waals surface area (Å²) in [7, 11) is 0. The van der Waals surface area contributed by atoms with E-state index in [-0.39, 0.29) is 18.4 Å². The summed E-state index contributed by atoms with van der Waals surface area (Å²) in [6, 6.07) is 7.81. The van der Waals surface area contributed by atoms with Crippen molar-refractivity contribution >= 4 is 5.91 Å². The van der Waals surface area contributed by atoms with Crippen molar-refractivity contribution in [1.82, 2.24) is 4.90 Å². The summed E-state index contributed by atoms with van der Waals surface area (Å²) < 4.78 is 0. The Labute approximate surface area is 102 Å². The minimum atomic E-state index is 0.0867. The largest absolute Gasteiger partial charge is 0.396 e. The van der Waals surface area contributed by atoms with Crippen molar-refractivity contribution in [2.75, 3.05) is 19.7 Å². The van der Waals surface area contributed by atoms with Crippen LogP contribution in [-0.2, 0) is 6.42 Å². The van der Waals surface area contributed by atoms with Gasteiger partial charge in [0.2, 0.25) is 0 Å². The molecule has 3 nitrogen and oxygen atoms in total. The summed E-state index contributed by atoms with van der Waals surface area (Å²) in [5.41, 5.74) is 2.00. The van der Waals surface area contributed by atoms with Crippen molar-refractivity contribution in [1.29, 1.82) is 0 Å². The van der Waals surface area contributed by atoms with Crippen LogP contribution in [0.25, 0.3) is 0 Å². The van der Waals surface area contributed by atoms with Crippen molar-refractivity contribution in [3.05, 3.63) is 35.4 Å². The lowest BCUT2D eigenvalue weighted by molar-refractivity contribution is 0.0782. The molecule has 2 rings (SSSR count). The Morgan fingerprint density at radius 2 is 2.12 bits per heavy atom. The molecule has 0 saturated carbocycles. The summed E-state index contributed by atoms with van der Waals surface area (Å²) in [5.74, 6) is 0.345. The lowest BCUT2D eigenvalue weighted by Gasteiger charge is -2.16. The maximum absolute atomic E-state index is 12.2. The molecule has 1 aromatic rings. The van der Waals surface area contributed by atoms with Gasteiger partial charge in [-0.05, 0) is 30.5 Å². The molecule has 0 spiro atoms. The zero-order chi connectivity index (χ0) is 12.3. The van der Waals surface area contributed by atoms with Crippen LogP contribution in [0.3, 0.4) is 0 Å². The van der Waals surface area contributed by atoms with Crippen LogP contribution in [-0.4, -0.2) is 35.6 Å². The number of aliphatic hydroxyl groups is 1. The van der Waals surface area contributed by atoms with Gasteiger partial charge in [-0.3, -0.25) is 4.79 Å². The summed E-state index contributed by atoms with van der Waals surface area (Å²) in [5, 5.41) is 9.07. The molecule has 1 aliphatic heterocycles. The third-order valence-electron chi connectivity index (χ3n) is 3.44. The normalized spacial score (nSPS) is 19.6. The van der Waals surface area contributed by atoms with Gasteiger partial charge in [0.05, 0.1) is 0 Å². The van der Waals surface area contributed by atoms with Crippen molar-refractivity contribution in [3.8, 4) is 0 Å². The van der Waals surface area contributed by atoms with Gasteiger partial charge in [-0.1, -0.05) is 19.1 Å². The quantitative estimate of drug-likeness (QED) is 0.863. The molecule has 0 bridgehead atoms. The SMILES string of the molecule is CCc1ccc(C(=O)N2CCC(CO)C2)cc1. The number of rotatable bonds is 3. The molecule has 1 fully saturated rings. The monoisotopic (exact) mass is 233 g/mol. The highest BCUT2D eigenvalue weighted by atomic mass is 16.3. The standard InChI is InChI=1S/C14H19NO2/c1-2-11-3-5-13(6-4-11)14(17)15-8-7-12(9-15)10-16/h3-6,12,16H,2,7-10H2,1H3. The minimum Gasteiger partial charge on any atom is -0.396 e. The zero-order valence-electron chi connectivity index (χ0n) is 10.2. The number of nitrogens with zero attached hydrogens (tertiary/aromatic N) is 1. The first-order valence-electron chi connectivity index (χ1n) is 6.23. The van der Waals surface area contributed by atoms with Crippen LogP contribution in [0.2, 0.25) is 0 Å². The van der Waals surface area contributed by atoms with Crippen LogP contribution in [0.4, 0.5) is 0 Å². The average molecular weight is 233 g/mol. The topological polar surface area (TPSA) is 40.5 Å². The third-order valence-corrected chi connectivity index (χ3v) is 3.44. The Bertz CT molecular complexity index is 386. The molecule has 1 aromatic carbocycles. The molecule has 1 unspecified atom stereocenters. The number of aryl methyl sites for hydroxylation is 1. The molecule has 0 aromatic heterocycles. The van der Waals surface area contributed by atoms with Gasteiger partial charge in [-0.25, -0.2) is 0 Å². The van der Waals surface area contributed by atoms with E-state index in [4.69, 9.17) is 5.11 Å². The van der Waals surface area contributed by atoms with Crippen LogP contribution in [0.1, 0.15) is 29.3 Å². The van der Waals surface area contributed by atoms with Crippen LogP contribution < -0.4 is 0 Å². The first-order valence-corrected chi connectivity index (χ1v) is 6.23. The molecule has 1 amide bonds. The molecular weight excluding hydrogens is 214 g/mol. The molecule has 1 heterocycles. The van der Waals surface area contributed by atoms with E-state index >= 15 is 0 Å². The number of carbonyl (C=O) groups is 1. The van der Waals surface area contributed by atoms with E-state index in [0.29, 0.717) is 6.54 Å². The number of amides is 1. The molecule has 0 aliphatic carbocycles. The smallest absolute Gasteiger partial charge is 0.253 e. The Morgan fingerprint density at radius 3 is 2.65 bits per heavy atom. The van der Waals surface area contributed by atoms with Gasteiger partial charge in [-0.15, -0.1) is 0 Å². The van der Waals surface area contributed by atoms with Crippen molar-refractivity contribution in [3.63, 3.8) is 0 Å². The van der Waals surface area contributed by atoms with Gasteiger partial charge in [0.1, 0.15) is 0 Å². The summed E-state index contributed by atoms with van der Waals surface area (Å²) in [6.07, 6.45) is 1.90. The molecule has 17 heavy (non-hydrogen) atoms. The van der Waals surface area contributed by atoms with Gasteiger partial charge < -0.3 is 10.0 Å². The van der Waals surface area contributed by atoms with E-state index in [1.807, 2.05) is 29.2 Å². The van der Waals surface area contributed by atoms with Gasteiger partial charge in [0.15, 0.2) is 0 Å². The molecule has 1 aliphatic rings. The van der Waals surface area contributed by atoms with E-state index < -0.39 is 0 Å². The number of likely N-dealkylation sites (tertiary alicyclic amines) is 1. The van der Waals surface area contributed by atoms with Crippen molar-refractivity contribution in [2.45, 2.75) is 19.8 Å². The van der Waals surface area contributed by atoms with Gasteiger partial charge in [0.25, 0.3) is 5.91 Å². The Kier molecular flexibility index (Phi) is 3.79. The summed E-state index contributed by atoms with van der Waals surface area (Å²) in [6.45, 7) is 3.73. The highest BCUT2D eigenvalue weighted by Crippen LogP contribution is 2.18. The van der Waals surface area contributed by atoms with Gasteiger partial charge in [-0.2, -0.15) is 0 Å². The fraction of sp³-hybridized carbons (Fsp3) is 0.500. The third kappa shape index (κ3) is 2.67. The van der Waals surface area contributed by atoms with Crippen LogP contribution in [0, 0.1) is 5.92 Å². The lowest BCUT2D eigenvalue weighted by Crippen LogP contribution is -2.29. The van der Waals surface area contributed by atoms with Crippen molar-refractivity contribution in [2.24, 2.45) is 5.92 Å². The molecule has 1 atom stereocenters. The average Bonchev–Trinajstić information content (AvgIpc) is 2.87. The summed E-state index contributed by atoms with van der Waals surface area (Å²) >= 11 is 0. The predicted octanol–water partition coefficient (Wildman–Crippen LogP) is 1.70. The van der Waals surface area contributed by atoms with Crippen LogP contribution >= 0.6 is 0 Å². The fourth-order valence-electron chi connectivity index (χ4n) is 2.23. The lowest BCUT2D eigenvalue weighted by atomic mass is 10.1. The minimum absolute atomic E-state index is 0.0867. The van der Waals surface area contributed by atoms with E-state index in [1.165, 1.54) is 5.56 Å². The molecule has 1 saturated heterocycles.